The first kappa shape index (κ1) is 13.1. The van der Waals surface area contributed by atoms with Crippen LogP contribution in [-0.2, 0) is 11.2 Å². The molecule has 3 heterocycles. The summed E-state index contributed by atoms with van der Waals surface area (Å²) in [6, 6.07) is 3.85. The van der Waals surface area contributed by atoms with Crippen LogP contribution in [0.5, 0.6) is 0 Å². The van der Waals surface area contributed by atoms with Crippen LogP contribution in [-0.4, -0.2) is 22.9 Å². The molecule has 1 saturated heterocycles. The largest absolute Gasteiger partial charge is 0.378 e. The van der Waals surface area contributed by atoms with E-state index in [-0.39, 0.29) is 0 Å². The van der Waals surface area contributed by atoms with Crippen molar-refractivity contribution in [1.29, 1.82) is 0 Å². The minimum Gasteiger partial charge on any atom is -0.378 e. The molecule has 2 N–H and O–H groups in total. The van der Waals surface area contributed by atoms with Gasteiger partial charge >= 0.3 is 0 Å². The Morgan fingerprint density at radius 3 is 3.05 bits per heavy atom. The average Bonchev–Trinajstić information content (AvgIpc) is 2.88. The van der Waals surface area contributed by atoms with E-state index in [2.05, 4.69) is 10.1 Å². The van der Waals surface area contributed by atoms with Gasteiger partial charge in [0.15, 0.2) is 0 Å². The number of rotatable bonds is 4. The van der Waals surface area contributed by atoms with Gasteiger partial charge in [-0.1, -0.05) is 11.2 Å². The quantitative estimate of drug-likeness (QED) is 0.927. The smallest absolute Gasteiger partial charge is 0.230 e. The third-order valence-corrected chi connectivity index (χ3v) is 3.72. The van der Waals surface area contributed by atoms with Gasteiger partial charge in [-0.15, -0.1) is 0 Å². The standard InChI is InChI=1S/C15H19N3O2/c16-15-14(11-4-3-8-17-10-11)13(18-20-15)7-6-12-5-1-2-9-19-12/h3-4,8,10,12H,1-2,5-7,9,16H2. The summed E-state index contributed by atoms with van der Waals surface area (Å²) in [5.74, 6) is 0.359. The van der Waals surface area contributed by atoms with Crippen molar-refractivity contribution in [3.63, 3.8) is 0 Å². The molecule has 1 unspecified atom stereocenters. The SMILES string of the molecule is Nc1onc(CCC2CCCCO2)c1-c1cccnc1. The third-order valence-electron chi connectivity index (χ3n) is 3.72. The van der Waals surface area contributed by atoms with Gasteiger partial charge in [0.25, 0.3) is 0 Å². The Balaban J connectivity index is 1.74. The number of hydrogen-bond acceptors (Lipinski definition) is 5. The molecule has 0 amide bonds. The summed E-state index contributed by atoms with van der Waals surface area (Å²) in [5.41, 5.74) is 8.61. The molecule has 2 aromatic rings. The van der Waals surface area contributed by atoms with Gasteiger partial charge in [0.05, 0.1) is 17.4 Å². The van der Waals surface area contributed by atoms with Crippen molar-refractivity contribution in [3.05, 3.63) is 30.2 Å². The lowest BCUT2D eigenvalue weighted by Gasteiger charge is -2.22. The second-order valence-corrected chi connectivity index (χ2v) is 5.14. The van der Waals surface area contributed by atoms with E-state index in [1.54, 1.807) is 12.4 Å². The zero-order valence-corrected chi connectivity index (χ0v) is 11.4. The van der Waals surface area contributed by atoms with Crippen LogP contribution in [0.1, 0.15) is 31.4 Å². The monoisotopic (exact) mass is 273 g/mol. The molecule has 5 nitrogen and oxygen atoms in total. The fraction of sp³-hybridized carbons (Fsp3) is 0.467. The first-order valence-electron chi connectivity index (χ1n) is 7.10. The number of anilines is 1. The molecule has 0 aliphatic carbocycles. The van der Waals surface area contributed by atoms with E-state index >= 15 is 0 Å². The van der Waals surface area contributed by atoms with Gasteiger partial charge in [0, 0.05) is 24.6 Å². The fourth-order valence-corrected chi connectivity index (χ4v) is 2.66. The van der Waals surface area contributed by atoms with Crippen LogP contribution in [0.15, 0.2) is 29.0 Å². The number of pyridine rings is 1. The van der Waals surface area contributed by atoms with Crippen molar-refractivity contribution in [1.82, 2.24) is 10.1 Å². The van der Waals surface area contributed by atoms with E-state index in [4.69, 9.17) is 15.0 Å². The maximum Gasteiger partial charge on any atom is 0.230 e. The molecule has 20 heavy (non-hydrogen) atoms. The van der Waals surface area contributed by atoms with Crippen molar-refractivity contribution in [2.75, 3.05) is 12.3 Å². The Kier molecular flexibility index (Phi) is 3.97. The lowest BCUT2D eigenvalue weighted by molar-refractivity contribution is 0.0113. The van der Waals surface area contributed by atoms with Gasteiger partial charge in [-0.05, 0) is 38.2 Å². The third kappa shape index (κ3) is 2.82. The molecule has 1 atom stereocenters. The molecule has 0 spiro atoms. The van der Waals surface area contributed by atoms with E-state index in [1.807, 2.05) is 12.1 Å². The zero-order chi connectivity index (χ0) is 13.8. The number of hydrogen-bond donors (Lipinski definition) is 1. The lowest BCUT2D eigenvalue weighted by atomic mass is 10.00. The molecule has 2 aromatic heterocycles. The van der Waals surface area contributed by atoms with Crippen molar-refractivity contribution in [2.24, 2.45) is 0 Å². The minimum atomic E-state index is 0.337. The normalized spacial score (nSPS) is 19.1. The van der Waals surface area contributed by atoms with Crippen LogP contribution in [0.4, 0.5) is 5.88 Å². The number of nitrogens with zero attached hydrogens (tertiary/aromatic N) is 2. The summed E-state index contributed by atoms with van der Waals surface area (Å²) in [4.78, 5) is 4.12. The minimum absolute atomic E-state index is 0.337. The number of nitrogens with two attached hydrogens (primary N) is 1. The number of nitrogen functional groups attached to an aromatic ring is 1. The second kappa shape index (κ2) is 6.05. The maximum absolute atomic E-state index is 5.89. The molecule has 1 aliphatic heterocycles. The molecule has 0 radical (unpaired) electrons. The fourth-order valence-electron chi connectivity index (χ4n) is 2.66. The molecule has 0 bridgehead atoms. The van der Waals surface area contributed by atoms with Crippen LogP contribution in [0.3, 0.4) is 0 Å². The molecule has 5 heteroatoms. The summed E-state index contributed by atoms with van der Waals surface area (Å²) in [7, 11) is 0. The van der Waals surface area contributed by atoms with E-state index in [0.717, 1.165) is 42.7 Å². The molecule has 0 aromatic carbocycles. The topological polar surface area (TPSA) is 74.2 Å². The second-order valence-electron chi connectivity index (χ2n) is 5.14. The van der Waals surface area contributed by atoms with E-state index in [9.17, 15) is 0 Å². The van der Waals surface area contributed by atoms with Crippen molar-refractivity contribution in [2.45, 2.75) is 38.2 Å². The Labute approximate surface area is 118 Å². The maximum atomic E-state index is 5.89. The summed E-state index contributed by atoms with van der Waals surface area (Å²) >= 11 is 0. The van der Waals surface area contributed by atoms with Crippen molar-refractivity contribution < 1.29 is 9.26 Å². The first-order valence-corrected chi connectivity index (χ1v) is 7.10. The van der Waals surface area contributed by atoms with E-state index < -0.39 is 0 Å². The average molecular weight is 273 g/mol. The Hall–Kier alpha value is -1.88. The van der Waals surface area contributed by atoms with Gasteiger partial charge < -0.3 is 15.0 Å². The number of aryl methyl sites for hydroxylation is 1. The summed E-state index contributed by atoms with van der Waals surface area (Å²) in [6.45, 7) is 0.876. The van der Waals surface area contributed by atoms with Crippen LogP contribution in [0.2, 0.25) is 0 Å². The van der Waals surface area contributed by atoms with E-state index in [0.29, 0.717) is 12.0 Å². The van der Waals surface area contributed by atoms with Crippen LogP contribution in [0, 0.1) is 0 Å². The van der Waals surface area contributed by atoms with Gasteiger partial charge in [0.2, 0.25) is 5.88 Å². The van der Waals surface area contributed by atoms with E-state index in [1.165, 1.54) is 12.8 Å². The molecular formula is C15H19N3O2. The molecule has 1 aliphatic rings. The molecule has 106 valence electrons. The Morgan fingerprint density at radius 2 is 2.30 bits per heavy atom. The summed E-state index contributed by atoms with van der Waals surface area (Å²) in [5, 5.41) is 4.09. The van der Waals surface area contributed by atoms with Gasteiger partial charge in [-0.3, -0.25) is 4.98 Å². The molecular weight excluding hydrogens is 254 g/mol. The van der Waals surface area contributed by atoms with Crippen molar-refractivity contribution in [3.8, 4) is 11.1 Å². The molecule has 0 saturated carbocycles. The highest BCUT2D eigenvalue weighted by Crippen LogP contribution is 2.30. The summed E-state index contributed by atoms with van der Waals surface area (Å²) < 4.78 is 10.9. The van der Waals surface area contributed by atoms with Crippen LogP contribution in [0.25, 0.3) is 11.1 Å². The number of ether oxygens (including phenoxy) is 1. The summed E-state index contributed by atoms with van der Waals surface area (Å²) in [6.07, 6.45) is 9.19. The van der Waals surface area contributed by atoms with Gasteiger partial charge in [-0.2, -0.15) is 0 Å². The van der Waals surface area contributed by atoms with Crippen LogP contribution < -0.4 is 5.73 Å². The predicted octanol–water partition coefficient (Wildman–Crippen LogP) is 2.82. The van der Waals surface area contributed by atoms with Crippen LogP contribution >= 0.6 is 0 Å². The predicted molar refractivity (Wildman–Crippen MR) is 76.1 cm³/mol. The Bertz CT molecular complexity index is 548. The highest BCUT2D eigenvalue weighted by atomic mass is 16.5. The van der Waals surface area contributed by atoms with Gasteiger partial charge in [-0.25, -0.2) is 0 Å². The Morgan fingerprint density at radius 1 is 1.35 bits per heavy atom. The first-order chi connectivity index (χ1) is 9.84. The number of aromatic nitrogens is 2. The van der Waals surface area contributed by atoms with Gasteiger partial charge in [0.1, 0.15) is 0 Å². The zero-order valence-electron chi connectivity index (χ0n) is 11.4. The molecule has 1 fully saturated rings. The van der Waals surface area contributed by atoms with Crippen molar-refractivity contribution >= 4 is 5.88 Å². The molecule has 3 rings (SSSR count). The highest BCUT2D eigenvalue weighted by Gasteiger charge is 2.19. The highest BCUT2D eigenvalue weighted by molar-refractivity contribution is 5.74. The lowest BCUT2D eigenvalue weighted by Crippen LogP contribution is -2.19.